The molecule has 10 heavy (non-hydrogen) atoms. The van der Waals surface area contributed by atoms with Gasteiger partial charge in [0, 0.05) is 7.11 Å². The number of rotatable bonds is 2. The summed E-state index contributed by atoms with van der Waals surface area (Å²) in [6.45, 7) is 11.8. The van der Waals surface area contributed by atoms with Crippen molar-refractivity contribution in [2.75, 3.05) is 20.3 Å². The van der Waals surface area contributed by atoms with Gasteiger partial charge < -0.3 is 9.84 Å². The van der Waals surface area contributed by atoms with Crippen LogP contribution >= 0.6 is 0 Å². The van der Waals surface area contributed by atoms with Gasteiger partial charge in [-0.3, -0.25) is 0 Å². The van der Waals surface area contributed by atoms with Crippen molar-refractivity contribution in [1.82, 2.24) is 0 Å². The van der Waals surface area contributed by atoms with E-state index in [1.807, 2.05) is 6.92 Å². The zero-order valence-electron chi connectivity index (χ0n) is 6.97. The van der Waals surface area contributed by atoms with E-state index >= 15 is 0 Å². The second-order valence-corrected chi connectivity index (χ2v) is 1.12. The topological polar surface area (TPSA) is 29.5 Å². The van der Waals surface area contributed by atoms with Crippen LogP contribution in [0.4, 0.5) is 0 Å². The lowest BCUT2D eigenvalue weighted by atomic mass is 10.8. The highest BCUT2D eigenvalue weighted by molar-refractivity contribution is 4.51. The molecule has 0 heterocycles. The summed E-state index contributed by atoms with van der Waals surface area (Å²) in [5.74, 6) is 0. The maximum atomic E-state index is 7.94. The smallest absolute Gasteiger partial charge is 0.0693 e. The molecule has 0 spiro atoms. The Balaban J connectivity index is -0.0000000847. The predicted molar refractivity (Wildman–Crippen MR) is 46.1 cm³/mol. The number of ether oxygens (including phenoxy) is 1. The number of hydrogen-bond donors (Lipinski definition) is 1. The minimum absolute atomic E-state index is 0.122. The third kappa shape index (κ3) is 155. The van der Waals surface area contributed by atoms with Gasteiger partial charge in [0.05, 0.1) is 13.2 Å². The molecular formula is C8H18O2. The first-order valence-corrected chi connectivity index (χ1v) is 3.00. The fraction of sp³-hybridized carbons (Fsp3) is 0.500. The first kappa shape index (κ1) is 16.2. The van der Waals surface area contributed by atoms with Crippen LogP contribution < -0.4 is 0 Å². The maximum Gasteiger partial charge on any atom is 0.0693 e. The van der Waals surface area contributed by atoms with Crippen LogP contribution in [0.25, 0.3) is 0 Å². The molecule has 0 saturated heterocycles. The predicted octanol–water partition coefficient (Wildman–Crippen LogP) is 1.62. The van der Waals surface area contributed by atoms with Gasteiger partial charge in [-0.15, -0.1) is 19.7 Å². The molecule has 0 aromatic heterocycles. The molecule has 0 radical (unpaired) electrons. The van der Waals surface area contributed by atoms with E-state index < -0.39 is 0 Å². The van der Waals surface area contributed by atoms with Crippen molar-refractivity contribution in [3.8, 4) is 0 Å². The van der Waals surface area contributed by atoms with Crippen molar-refractivity contribution in [2.24, 2.45) is 0 Å². The van der Waals surface area contributed by atoms with Crippen molar-refractivity contribution >= 4 is 0 Å². The Labute approximate surface area is 63.8 Å². The minimum atomic E-state index is 0.122. The number of aliphatic hydroxyl groups excluding tert-OH is 1. The Morgan fingerprint density at radius 1 is 1.50 bits per heavy atom. The van der Waals surface area contributed by atoms with Crippen LogP contribution in [0.1, 0.15) is 6.92 Å². The lowest BCUT2D eigenvalue weighted by Gasteiger charge is -1.84. The Morgan fingerprint density at radius 2 is 1.80 bits per heavy atom. The molecule has 0 saturated carbocycles. The third-order valence-electron chi connectivity index (χ3n) is 0.295. The summed E-state index contributed by atoms with van der Waals surface area (Å²) in [7, 11) is 1.55. The van der Waals surface area contributed by atoms with Gasteiger partial charge in [-0.1, -0.05) is 6.08 Å². The molecule has 0 aliphatic heterocycles. The Morgan fingerprint density at radius 3 is 1.80 bits per heavy atom. The second kappa shape index (κ2) is 39.8. The molecule has 0 bridgehead atoms. The fourth-order valence-corrected chi connectivity index (χ4v) is 0.0913. The molecule has 0 fully saturated rings. The molecule has 0 rings (SSSR count). The molecule has 0 aliphatic carbocycles. The van der Waals surface area contributed by atoms with Gasteiger partial charge in [0.25, 0.3) is 0 Å². The zero-order valence-corrected chi connectivity index (χ0v) is 6.97. The van der Waals surface area contributed by atoms with Gasteiger partial charge in [0.1, 0.15) is 0 Å². The monoisotopic (exact) mass is 146 g/mol. The van der Waals surface area contributed by atoms with Crippen LogP contribution in [-0.4, -0.2) is 25.4 Å². The van der Waals surface area contributed by atoms with Gasteiger partial charge in [-0.2, -0.15) is 0 Å². The van der Waals surface area contributed by atoms with E-state index in [0.717, 1.165) is 0 Å². The fourth-order valence-electron chi connectivity index (χ4n) is 0.0913. The summed E-state index contributed by atoms with van der Waals surface area (Å²) in [6.07, 6.45) is 1.75. The Hall–Kier alpha value is -0.600. The molecule has 62 valence electrons. The molecule has 1 N–H and O–H groups in total. The van der Waals surface area contributed by atoms with Crippen molar-refractivity contribution in [3.63, 3.8) is 0 Å². The normalized spacial score (nSPS) is 5.90. The van der Waals surface area contributed by atoms with Gasteiger partial charge in [-0.05, 0) is 6.92 Å². The number of hydrogen-bond acceptors (Lipinski definition) is 2. The highest BCUT2D eigenvalue weighted by atomic mass is 16.5. The summed E-state index contributed by atoms with van der Waals surface area (Å²) in [6, 6.07) is 0. The van der Waals surface area contributed by atoms with E-state index in [1.165, 1.54) is 0 Å². The quantitative estimate of drug-likeness (QED) is 0.600. The van der Waals surface area contributed by atoms with Crippen LogP contribution in [0, 0.1) is 0 Å². The molecule has 0 aromatic carbocycles. The Kier molecular flexibility index (Phi) is 64.4. The lowest BCUT2D eigenvalue weighted by Crippen LogP contribution is -1.91. The largest absolute Gasteiger partial charge is 0.394 e. The SMILES string of the molecule is C=C.C=CC.COCCO. The first-order chi connectivity index (χ1) is 4.83. The maximum absolute atomic E-state index is 7.94. The van der Waals surface area contributed by atoms with Crippen LogP contribution in [0.5, 0.6) is 0 Å². The van der Waals surface area contributed by atoms with E-state index in [9.17, 15) is 0 Å². The molecule has 2 nitrogen and oxygen atoms in total. The standard InChI is InChI=1S/C3H8O2.C3H6.C2H4/c1-5-3-2-4;1-3-2;1-2/h4H,2-3H2,1H3;3H,1H2,2H3;1-2H2. The minimum Gasteiger partial charge on any atom is -0.394 e. The third-order valence-corrected chi connectivity index (χ3v) is 0.295. The average Bonchev–Trinajstić information content (AvgIpc) is 1.96. The summed E-state index contributed by atoms with van der Waals surface area (Å²) in [5.41, 5.74) is 0. The van der Waals surface area contributed by atoms with Crippen molar-refractivity contribution < 1.29 is 9.84 Å². The van der Waals surface area contributed by atoms with E-state index in [2.05, 4.69) is 24.5 Å². The van der Waals surface area contributed by atoms with E-state index in [4.69, 9.17) is 5.11 Å². The van der Waals surface area contributed by atoms with E-state index in [0.29, 0.717) is 6.61 Å². The van der Waals surface area contributed by atoms with Crippen molar-refractivity contribution in [1.29, 1.82) is 0 Å². The average molecular weight is 146 g/mol. The first-order valence-electron chi connectivity index (χ1n) is 3.00. The zero-order chi connectivity index (χ0) is 8.83. The van der Waals surface area contributed by atoms with Gasteiger partial charge in [0.15, 0.2) is 0 Å². The molecule has 0 aromatic rings. The summed E-state index contributed by atoms with van der Waals surface area (Å²) in [4.78, 5) is 0. The van der Waals surface area contributed by atoms with E-state index in [-0.39, 0.29) is 6.61 Å². The van der Waals surface area contributed by atoms with Crippen LogP contribution in [0.3, 0.4) is 0 Å². The second-order valence-electron chi connectivity index (χ2n) is 1.12. The number of allylic oxidation sites excluding steroid dienone is 1. The molecule has 2 heteroatoms. The number of methoxy groups -OCH3 is 1. The molecule has 0 atom stereocenters. The lowest BCUT2D eigenvalue weighted by molar-refractivity contribution is 0.135. The number of aliphatic hydroxyl groups is 1. The molecule has 0 aliphatic rings. The van der Waals surface area contributed by atoms with Crippen LogP contribution in [0.2, 0.25) is 0 Å². The molecular weight excluding hydrogens is 128 g/mol. The van der Waals surface area contributed by atoms with Crippen LogP contribution in [0.15, 0.2) is 25.8 Å². The Bertz CT molecular complexity index is 42.5. The van der Waals surface area contributed by atoms with Crippen molar-refractivity contribution in [3.05, 3.63) is 25.8 Å². The van der Waals surface area contributed by atoms with Gasteiger partial charge >= 0.3 is 0 Å². The summed E-state index contributed by atoms with van der Waals surface area (Å²) >= 11 is 0. The highest BCUT2D eigenvalue weighted by Gasteiger charge is 1.67. The highest BCUT2D eigenvalue weighted by Crippen LogP contribution is 1.56. The summed E-state index contributed by atoms with van der Waals surface area (Å²) in [5, 5.41) is 7.94. The van der Waals surface area contributed by atoms with Gasteiger partial charge in [-0.25, -0.2) is 0 Å². The molecule has 0 unspecified atom stereocenters. The summed E-state index contributed by atoms with van der Waals surface area (Å²) < 4.78 is 4.44. The van der Waals surface area contributed by atoms with Gasteiger partial charge in [0.2, 0.25) is 0 Å². The van der Waals surface area contributed by atoms with Crippen LogP contribution in [-0.2, 0) is 4.74 Å². The molecule has 0 amide bonds. The van der Waals surface area contributed by atoms with E-state index in [1.54, 1.807) is 13.2 Å². The van der Waals surface area contributed by atoms with Crippen molar-refractivity contribution in [2.45, 2.75) is 6.92 Å².